The Balaban J connectivity index is 1.91. The summed E-state index contributed by atoms with van der Waals surface area (Å²) in [6.45, 7) is 5.79. The number of hydrogen-bond donors (Lipinski definition) is 1. The van der Waals surface area contributed by atoms with Crippen LogP contribution < -0.4 is 10.1 Å². The predicted octanol–water partition coefficient (Wildman–Crippen LogP) is 5.85. The highest BCUT2D eigenvalue weighted by Gasteiger charge is 2.31. The van der Waals surface area contributed by atoms with E-state index in [9.17, 15) is 9.59 Å². The summed E-state index contributed by atoms with van der Waals surface area (Å²) in [5.74, 6) is -0.184. The number of nitrogens with zero attached hydrogens (tertiary/aromatic N) is 1. The summed E-state index contributed by atoms with van der Waals surface area (Å²) in [4.78, 5) is 28.5. The van der Waals surface area contributed by atoms with Crippen LogP contribution in [0.25, 0.3) is 0 Å². The van der Waals surface area contributed by atoms with Crippen molar-refractivity contribution in [1.29, 1.82) is 0 Å². The minimum Gasteiger partial charge on any atom is -0.482 e. The van der Waals surface area contributed by atoms with Crippen LogP contribution in [0.15, 0.2) is 72.8 Å². The number of aryl methyl sites for hydroxylation is 1. The van der Waals surface area contributed by atoms with Crippen LogP contribution in [-0.2, 0) is 22.6 Å². The molecule has 2 amide bonds. The highest BCUT2D eigenvalue weighted by atomic mass is 35.5. The van der Waals surface area contributed by atoms with Crippen LogP contribution in [0.5, 0.6) is 5.75 Å². The number of carbonyl (C=O) groups excluding carboxylic acids is 2. The van der Waals surface area contributed by atoms with Gasteiger partial charge < -0.3 is 15.0 Å². The van der Waals surface area contributed by atoms with Crippen LogP contribution in [0.4, 0.5) is 0 Å². The van der Waals surface area contributed by atoms with Crippen LogP contribution in [0.1, 0.15) is 30.5 Å². The number of benzene rings is 3. The van der Waals surface area contributed by atoms with E-state index >= 15 is 0 Å². The van der Waals surface area contributed by atoms with Crippen molar-refractivity contribution in [3.63, 3.8) is 0 Å². The lowest BCUT2D eigenvalue weighted by Gasteiger charge is -2.32. The number of nitrogens with one attached hydrogen (secondary N) is 1. The fourth-order valence-electron chi connectivity index (χ4n) is 3.64. The van der Waals surface area contributed by atoms with E-state index in [1.54, 1.807) is 23.1 Å². The van der Waals surface area contributed by atoms with Gasteiger partial charge in [0.2, 0.25) is 5.91 Å². The van der Waals surface area contributed by atoms with Crippen molar-refractivity contribution in [2.45, 2.75) is 45.8 Å². The molecule has 0 saturated heterocycles. The average molecular weight is 513 g/mol. The van der Waals surface area contributed by atoms with Crippen molar-refractivity contribution in [3.05, 3.63) is 99.5 Å². The van der Waals surface area contributed by atoms with Gasteiger partial charge in [0.15, 0.2) is 6.61 Å². The molecular formula is C28H30Cl2N2O3. The molecule has 0 fully saturated rings. The Hall–Kier alpha value is -3.02. The van der Waals surface area contributed by atoms with Crippen molar-refractivity contribution in [1.82, 2.24) is 10.2 Å². The van der Waals surface area contributed by atoms with Crippen molar-refractivity contribution >= 4 is 35.0 Å². The molecule has 3 rings (SSSR count). The van der Waals surface area contributed by atoms with Crippen LogP contribution in [0, 0.1) is 6.92 Å². The molecule has 0 aliphatic carbocycles. The number of ether oxygens (including phenoxy) is 1. The van der Waals surface area contributed by atoms with E-state index in [4.69, 9.17) is 27.9 Å². The first kappa shape index (κ1) is 26.6. The molecule has 7 heteroatoms. The minimum absolute atomic E-state index is 0.0683. The summed E-state index contributed by atoms with van der Waals surface area (Å²) in [6, 6.07) is 21.6. The van der Waals surface area contributed by atoms with Crippen molar-refractivity contribution in [2.75, 3.05) is 6.61 Å². The normalized spacial score (nSPS) is 11.7. The van der Waals surface area contributed by atoms with Gasteiger partial charge in [0.1, 0.15) is 11.8 Å². The fourth-order valence-corrected chi connectivity index (χ4v) is 4.10. The van der Waals surface area contributed by atoms with Crippen LogP contribution in [0.3, 0.4) is 0 Å². The Labute approximate surface area is 217 Å². The summed E-state index contributed by atoms with van der Waals surface area (Å²) in [5, 5.41) is 3.76. The Morgan fingerprint density at radius 2 is 1.63 bits per heavy atom. The topological polar surface area (TPSA) is 58.6 Å². The average Bonchev–Trinajstić information content (AvgIpc) is 2.82. The molecule has 0 unspecified atom stereocenters. The van der Waals surface area contributed by atoms with Gasteiger partial charge in [-0.1, -0.05) is 83.4 Å². The van der Waals surface area contributed by atoms with Crippen LogP contribution in [-0.4, -0.2) is 35.4 Å². The van der Waals surface area contributed by atoms with E-state index in [1.165, 1.54) is 0 Å². The van der Waals surface area contributed by atoms with Gasteiger partial charge in [0.25, 0.3) is 5.91 Å². The fraction of sp³-hybridized carbons (Fsp3) is 0.286. The highest BCUT2D eigenvalue weighted by molar-refractivity contribution is 6.35. The SMILES string of the molecule is Cc1ccc(CN(C(=O)COc2ccc(Cl)cc2Cl)[C@@H](Cc2ccccc2)C(=O)NC(C)C)cc1. The first-order valence-electron chi connectivity index (χ1n) is 11.5. The van der Waals surface area contributed by atoms with Gasteiger partial charge in [0, 0.05) is 24.0 Å². The van der Waals surface area contributed by atoms with Crippen LogP contribution in [0.2, 0.25) is 10.0 Å². The van der Waals surface area contributed by atoms with Crippen LogP contribution >= 0.6 is 23.2 Å². The molecule has 35 heavy (non-hydrogen) atoms. The van der Waals surface area contributed by atoms with E-state index in [2.05, 4.69) is 5.32 Å². The molecule has 184 valence electrons. The van der Waals surface area contributed by atoms with Gasteiger partial charge in [-0.25, -0.2) is 0 Å². The second-order valence-electron chi connectivity index (χ2n) is 8.74. The zero-order chi connectivity index (χ0) is 25.4. The third-order valence-electron chi connectivity index (χ3n) is 5.42. The van der Waals surface area contributed by atoms with Gasteiger partial charge in [-0.3, -0.25) is 9.59 Å². The number of hydrogen-bond acceptors (Lipinski definition) is 3. The minimum atomic E-state index is -0.724. The quantitative estimate of drug-likeness (QED) is 0.370. The lowest BCUT2D eigenvalue weighted by molar-refractivity contribution is -0.143. The molecule has 0 heterocycles. The molecule has 5 nitrogen and oxygen atoms in total. The maximum atomic E-state index is 13.5. The molecule has 0 spiro atoms. The molecule has 0 saturated carbocycles. The Bertz CT molecular complexity index is 1130. The Kier molecular flexibility index (Phi) is 9.58. The monoisotopic (exact) mass is 512 g/mol. The number of carbonyl (C=O) groups is 2. The second-order valence-corrected chi connectivity index (χ2v) is 9.58. The van der Waals surface area contributed by atoms with Gasteiger partial charge in [-0.2, -0.15) is 0 Å². The van der Waals surface area contributed by atoms with Crippen molar-refractivity contribution < 1.29 is 14.3 Å². The first-order valence-corrected chi connectivity index (χ1v) is 12.3. The molecule has 1 atom stereocenters. The number of amides is 2. The van der Waals surface area contributed by atoms with Gasteiger partial charge >= 0.3 is 0 Å². The molecule has 0 aromatic heterocycles. The van der Waals surface area contributed by atoms with Gasteiger partial charge in [-0.15, -0.1) is 0 Å². The molecule has 0 aliphatic heterocycles. The first-order chi connectivity index (χ1) is 16.7. The maximum Gasteiger partial charge on any atom is 0.261 e. The van der Waals surface area contributed by atoms with E-state index in [0.717, 1.165) is 16.7 Å². The molecular weight excluding hydrogens is 483 g/mol. The zero-order valence-corrected chi connectivity index (χ0v) is 21.6. The maximum absolute atomic E-state index is 13.5. The standard InChI is InChI=1S/C28H30Cl2N2O3/c1-19(2)31-28(34)25(15-21-7-5-4-6-8-21)32(17-22-11-9-20(3)10-12-22)27(33)18-35-26-14-13-23(29)16-24(26)30/h4-14,16,19,25H,15,17-18H2,1-3H3,(H,31,34)/t25-/m0/s1. The van der Waals surface area contributed by atoms with E-state index in [0.29, 0.717) is 22.2 Å². The lowest BCUT2D eigenvalue weighted by Crippen LogP contribution is -2.52. The Morgan fingerprint density at radius 3 is 2.26 bits per heavy atom. The summed E-state index contributed by atoms with van der Waals surface area (Å²) >= 11 is 12.2. The number of halogens is 2. The van der Waals surface area contributed by atoms with Crippen molar-refractivity contribution in [3.8, 4) is 5.75 Å². The molecule has 1 N–H and O–H groups in total. The molecule has 0 bridgehead atoms. The molecule has 0 aliphatic rings. The van der Waals surface area contributed by atoms with E-state index < -0.39 is 6.04 Å². The molecule has 3 aromatic carbocycles. The summed E-state index contributed by atoms with van der Waals surface area (Å²) in [7, 11) is 0. The molecule has 0 radical (unpaired) electrons. The third-order valence-corrected chi connectivity index (χ3v) is 5.95. The van der Waals surface area contributed by atoms with E-state index in [1.807, 2.05) is 75.4 Å². The summed E-state index contributed by atoms with van der Waals surface area (Å²) < 4.78 is 5.74. The molecule has 3 aromatic rings. The zero-order valence-electron chi connectivity index (χ0n) is 20.1. The smallest absolute Gasteiger partial charge is 0.261 e. The lowest BCUT2D eigenvalue weighted by atomic mass is 10.0. The van der Waals surface area contributed by atoms with Crippen molar-refractivity contribution in [2.24, 2.45) is 0 Å². The van der Waals surface area contributed by atoms with Gasteiger partial charge in [0.05, 0.1) is 5.02 Å². The summed E-state index contributed by atoms with van der Waals surface area (Å²) in [5.41, 5.74) is 2.99. The highest BCUT2D eigenvalue weighted by Crippen LogP contribution is 2.27. The predicted molar refractivity (Wildman–Crippen MR) is 141 cm³/mol. The largest absolute Gasteiger partial charge is 0.482 e. The Morgan fingerprint density at radius 1 is 0.943 bits per heavy atom. The van der Waals surface area contributed by atoms with Gasteiger partial charge in [-0.05, 0) is 50.1 Å². The third kappa shape index (κ3) is 8.01. The number of rotatable bonds is 10. The summed E-state index contributed by atoms with van der Waals surface area (Å²) in [6.07, 6.45) is 0.374. The van der Waals surface area contributed by atoms with E-state index in [-0.39, 0.29) is 31.0 Å². The second kappa shape index (κ2) is 12.6.